The van der Waals surface area contributed by atoms with Crippen molar-refractivity contribution in [3.05, 3.63) is 28.0 Å². The topological polar surface area (TPSA) is 111 Å². The average molecular weight is 390 g/mol. The zero-order valence-corrected chi connectivity index (χ0v) is 13.2. The maximum absolute atomic E-state index is 13.0. The van der Waals surface area contributed by atoms with Crippen molar-refractivity contribution in [1.82, 2.24) is 5.32 Å². The van der Waals surface area contributed by atoms with Gasteiger partial charge in [0.2, 0.25) is 5.91 Å². The summed E-state index contributed by atoms with van der Waals surface area (Å²) < 4.78 is 13.3. The summed E-state index contributed by atoms with van der Waals surface area (Å²) in [7, 11) is 0. The normalized spacial score (nSPS) is 19.8. The van der Waals surface area contributed by atoms with Gasteiger partial charge >= 0.3 is 5.97 Å². The van der Waals surface area contributed by atoms with Gasteiger partial charge in [-0.15, -0.1) is 5.10 Å². The van der Waals surface area contributed by atoms with Crippen molar-refractivity contribution in [2.45, 2.75) is 11.7 Å². The van der Waals surface area contributed by atoms with E-state index >= 15 is 0 Å². The van der Waals surface area contributed by atoms with Gasteiger partial charge in [-0.05, 0) is 22.0 Å². The lowest BCUT2D eigenvalue weighted by atomic mass is 10.2. The number of nitrogens with zero attached hydrogens (tertiary/aromatic N) is 2. The zero-order chi connectivity index (χ0) is 16.3. The van der Waals surface area contributed by atoms with Gasteiger partial charge in [0.15, 0.2) is 5.17 Å². The Balaban J connectivity index is 2.10. The molecule has 0 aromatic heterocycles. The minimum Gasteiger partial charge on any atom is -0.507 e. The fraction of sp³-hybridized carbons (Fsp3) is 0.167. The van der Waals surface area contributed by atoms with Crippen LogP contribution in [-0.4, -0.2) is 38.7 Å². The monoisotopic (exact) mass is 389 g/mol. The van der Waals surface area contributed by atoms with Crippen molar-refractivity contribution < 1.29 is 24.2 Å². The predicted molar refractivity (Wildman–Crippen MR) is 82.6 cm³/mol. The number of thioether (sulfide) groups is 1. The van der Waals surface area contributed by atoms with Gasteiger partial charge in [-0.3, -0.25) is 9.59 Å². The van der Waals surface area contributed by atoms with Crippen LogP contribution in [0.5, 0.6) is 5.75 Å². The smallest absolute Gasteiger partial charge is 0.305 e. The molecule has 0 spiro atoms. The number of carbonyl (C=O) groups excluding carboxylic acids is 1. The number of carboxylic acid groups (broad SMARTS) is 1. The second-order valence-corrected chi connectivity index (χ2v) is 6.21. The maximum Gasteiger partial charge on any atom is 0.305 e. The largest absolute Gasteiger partial charge is 0.507 e. The average Bonchev–Trinajstić information content (AvgIpc) is 2.72. The van der Waals surface area contributed by atoms with Crippen LogP contribution in [0.1, 0.15) is 12.0 Å². The van der Waals surface area contributed by atoms with Crippen LogP contribution < -0.4 is 5.32 Å². The van der Waals surface area contributed by atoms with Gasteiger partial charge < -0.3 is 15.5 Å². The molecule has 1 aliphatic rings. The standard InChI is InChI=1S/C12H9BrFN3O4S/c13-7-1-5(14)2-8(18)6(7)4-15-17-12-16-11(21)9(22-12)3-10(19)20/h1-2,4,9,18H,3H2,(H,19,20)(H,16,17,21). The lowest BCUT2D eigenvalue weighted by Crippen LogP contribution is -2.26. The summed E-state index contributed by atoms with van der Waals surface area (Å²) in [6.07, 6.45) is 0.868. The number of hydrogen-bond acceptors (Lipinski definition) is 6. The highest BCUT2D eigenvalue weighted by Crippen LogP contribution is 2.26. The first-order chi connectivity index (χ1) is 10.4. The SMILES string of the molecule is O=C(O)CC1SC(=NN=Cc2c(O)cc(F)cc2Br)NC1=O. The van der Waals surface area contributed by atoms with Crippen molar-refractivity contribution in [1.29, 1.82) is 0 Å². The van der Waals surface area contributed by atoms with Crippen LogP contribution in [0.4, 0.5) is 4.39 Å². The third-order valence-electron chi connectivity index (χ3n) is 2.54. The number of amides is 1. The predicted octanol–water partition coefficient (Wildman–Crippen LogP) is 1.69. The van der Waals surface area contributed by atoms with Gasteiger partial charge in [0.25, 0.3) is 0 Å². The summed E-state index contributed by atoms with van der Waals surface area (Å²) in [5, 5.41) is 27.5. The Morgan fingerprint density at radius 1 is 1.55 bits per heavy atom. The summed E-state index contributed by atoms with van der Waals surface area (Å²) in [6, 6.07) is 2.08. The van der Waals surface area contributed by atoms with Crippen molar-refractivity contribution in [3.63, 3.8) is 0 Å². The lowest BCUT2D eigenvalue weighted by molar-refractivity contribution is -0.138. The molecule has 3 N–H and O–H groups in total. The lowest BCUT2D eigenvalue weighted by Gasteiger charge is -2.01. The third kappa shape index (κ3) is 4.04. The Labute approximate surface area is 136 Å². The van der Waals surface area contributed by atoms with Crippen LogP contribution in [0.3, 0.4) is 0 Å². The van der Waals surface area contributed by atoms with E-state index in [0.29, 0.717) is 4.47 Å². The highest BCUT2D eigenvalue weighted by Gasteiger charge is 2.32. The van der Waals surface area contributed by atoms with Crippen molar-refractivity contribution in [3.8, 4) is 5.75 Å². The molecule has 0 bridgehead atoms. The number of halogens is 2. The molecule has 22 heavy (non-hydrogen) atoms. The van der Waals surface area contributed by atoms with E-state index in [1.54, 1.807) is 0 Å². The maximum atomic E-state index is 13.0. The highest BCUT2D eigenvalue weighted by molar-refractivity contribution is 9.10. The first kappa shape index (κ1) is 16.4. The number of carbonyl (C=O) groups is 2. The zero-order valence-electron chi connectivity index (χ0n) is 10.8. The first-order valence-electron chi connectivity index (χ1n) is 5.85. The summed E-state index contributed by atoms with van der Waals surface area (Å²) in [4.78, 5) is 22.1. The molecule has 0 aliphatic carbocycles. The molecule has 0 radical (unpaired) electrons. The highest BCUT2D eigenvalue weighted by atomic mass is 79.9. The van der Waals surface area contributed by atoms with Gasteiger partial charge in [-0.1, -0.05) is 11.8 Å². The number of aliphatic carboxylic acids is 1. The molecule has 10 heteroatoms. The molecule has 0 saturated carbocycles. The Kier molecular flexibility index (Phi) is 5.14. The molecule has 1 fully saturated rings. The number of carboxylic acids is 1. The van der Waals surface area contributed by atoms with E-state index in [9.17, 15) is 19.1 Å². The number of amidine groups is 1. The Bertz CT molecular complexity index is 672. The van der Waals surface area contributed by atoms with Crippen LogP contribution in [0.2, 0.25) is 0 Å². The molecular weight excluding hydrogens is 381 g/mol. The Morgan fingerprint density at radius 3 is 2.91 bits per heavy atom. The van der Waals surface area contributed by atoms with Gasteiger partial charge in [-0.25, -0.2) is 4.39 Å². The Hall–Kier alpha value is -1.94. The van der Waals surface area contributed by atoms with E-state index < -0.39 is 22.9 Å². The number of rotatable bonds is 4. The molecule has 1 aromatic rings. The van der Waals surface area contributed by atoms with Crippen LogP contribution >= 0.6 is 27.7 Å². The number of benzene rings is 1. The minimum atomic E-state index is -1.09. The van der Waals surface area contributed by atoms with Crippen LogP contribution in [0, 0.1) is 5.82 Å². The number of hydrogen-bond donors (Lipinski definition) is 3. The molecular formula is C12H9BrFN3O4S. The molecule has 1 amide bonds. The molecule has 1 unspecified atom stereocenters. The second kappa shape index (κ2) is 6.88. The van der Waals surface area contributed by atoms with E-state index in [4.69, 9.17) is 5.11 Å². The molecule has 7 nitrogen and oxygen atoms in total. The quantitative estimate of drug-likeness (QED) is 0.535. The van der Waals surface area contributed by atoms with E-state index in [2.05, 4.69) is 31.4 Å². The number of phenolic OH excluding ortho intramolecular Hbond substituents is 1. The van der Waals surface area contributed by atoms with Gasteiger partial charge in [0.05, 0.1) is 18.2 Å². The van der Waals surface area contributed by atoms with Gasteiger partial charge in [-0.2, -0.15) is 5.10 Å². The van der Waals surface area contributed by atoms with E-state index in [-0.39, 0.29) is 22.9 Å². The minimum absolute atomic E-state index is 0.158. The molecule has 1 atom stereocenters. The van der Waals surface area contributed by atoms with Gasteiger partial charge in [0.1, 0.15) is 16.8 Å². The number of nitrogens with one attached hydrogen (secondary N) is 1. The molecule has 1 aliphatic heterocycles. The Morgan fingerprint density at radius 2 is 2.27 bits per heavy atom. The third-order valence-corrected chi connectivity index (χ3v) is 4.27. The fourth-order valence-corrected chi connectivity index (χ4v) is 3.02. The van der Waals surface area contributed by atoms with E-state index in [1.807, 2.05) is 0 Å². The first-order valence-corrected chi connectivity index (χ1v) is 7.52. The van der Waals surface area contributed by atoms with Crippen LogP contribution in [-0.2, 0) is 9.59 Å². The number of aromatic hydroxyl groups is 1. The molecule has 1 heterocycles. The van der Waals surface area contributed by atoms with Crippen LogP contribution in [0.25, 0.3) is 0 Å². The second-order valence-electron chi connectivity index (χ2n) is 4.16. The van der Waals surface area contributed by atoms with Crippen molar-refractivity contribution in [2.24, 2.45) is 10.2 Å². The number of phenols is 1. The van der Waals surface area contributed by atoms with E-state index in [1.165, 1.54) is 6.21 Å². The molecule has 116 valence electrons. The fourth-order valence-electron chi connectivity index (χ4n) is 1.58. The molecule has 2 rings (SSSR count). The van der Waals surface area contributed by atoms with Crippen LogP contribution in [0.15, 0.2) is 26.8 Å². The summed E-state index contributed by atoms with van der Waals surface area (Å²) in [5.74, 6) is -2.46. The van der Waals surface area contributed by atoms with Crippen molar-refractivity contribution >= 4 is 51.0 Å². The molecule has 1 saturated heterocycles. The van der Waals surface area contributed by atoms with Gasteiger partial charge in [0, 0.05) is 10.5 Å². The summed E-state index contributed by atoms with van der Waals surface area (Å²) >= 11 is 4.03. The summed E-state index contributed by atoms with van der Waals surface area (Å²) in [6.45, 7) is 0. The summed E-state index contributed by atoms with van der Waals surface area (Å²) in [5.41, 5.74) is 0.224. The van der Waals surface area contributed by atoms with Crippen molar-refractivity contribution in [2.75, 3.05) is 0 Å². The molecule has 1 aromatic carbocycles. The van der Waals surface area contributed by atoms with E-state index in [0.717, 1.165) is 23.9 Å².